The van der Waals surface area contributed by atoms with Crippen LogP contribution in [0.15, 0.2) is 61.1 Å². The molecule has 3 aromatic heterocycles. The van der Waals surface area contributed by atoms with Crippen LogP contribution in [0.4, 0.5) is 4.39 Å². The van der Waals surface area contributed by atoms with Crippen molar-refractivity contribution in [1.29, 1.82) is 0 Å². The molecule has 146 valence electrons. The van der Waals surface area contributed by atoms with Gasteiger partial charge < -0.3 is 0 Å². The zero-order valence-corrected chi connectivity index (χ0v) is 16.9. The lowest BCUT2D eigenvalue weighted by Crippen LogP contribution is -2.11. The summed E-state index contributed by atoms with van der Waals surface area (Å²) in [5, 5.41) is 4.67. The van der Waals surface area contributed by atoms with Crippen molar-refractivity contribution in [3.63, 3.8) is 0 Å². The smallest absolute Gasteiger partial charge is 0.183 e. The molecule has 29 heavy (non-hydrogen) atoms. The average molecular weight is 387 g/mol. The van der Waals surface area contributed by atoms with Crippen molar-refractivity contribution in [3.05, 3.63) is 78.1 Å². The Morgan fingerprint density at radius 2 is 1.76 bits per heavy atom. The summed E-state index contributed by atoms with van der Waals surface area (Å²) < 4.78 is 15.5. The molecule has 4 aromatic rings. The third-order valence-corrected chi connectivity index (χ3v) is 4.80. The predicted molar refractivity (Wildman–Crippen MR) is 111 cm³/mol. The number of hydrogen-bond acceptors (Lipinski definition) is 4. The van der Waals surface area contributed by atoms with E-state index in [2.05, 4.69) is 48.0 Å². The van der Waals surface area contributed by atoms with Gasteiger partial charge in [-0.2, -0.15) is 0 Å². The second-order valence-corrected chi connectivity index (χ2v) is 8.00. The Morgan fingerprint density at radius 1 is 1.00 bits per heavy atom. The Morgan fingerprint density at radius 3 is 2.41 bits per heavy atom. The predicted octanol–water partition coefficient (Wildman–Crippen LogP) is 5.14. The third kappa shape index (κ3) is 3.78. The molecule has 5 nitrogen and oxygen atoms in total. The van der Waals surface area contributed by atoms with Crippen LogP contribution >= 0.6 is 0 Å². The molecule has 4 rings (SSSR count). The van der Waals surface area contributed by atoms with E-state index in [0.717, 1.165) is 23.1 Å². The molecule has 3 heterocycles. The topological polar surface area (TPSA) is 56.5 Å². The number of hydrogen-bond donors (Lipinski definition) is 0. The van der Waals surface area contributed by atoms with Crippen molar-refractivity contribution in [2.45, 2.75) is 33.1 Å². The summed E-state index contributed by atoms with van der Waals surface area (Å²) in [5.74, 6) is 0.640. The lowest BCUT2D eigenvalue weighted by atomic mass is 9.87. The van der Waals surface area contributed by atoms with E-state index in [1.807, 2.05) is 31.2 Å². The molecule has 0 atom stereocenters. The van der Waals surface area contributed by atoms with E-state index in [1.54, 1.807) is 17.1 Å². The van der Waals surface area contributed by atoms with E-state index < -0.39 is 5.82 Å². The van der Waals surface area contributed by atoms with Crippen molar-refractivity contribution in [2.75, 3.05) is 0 Å². The number of aryl methyl sites for hydroxylation is 1. The van der Waals surface area contributed by atoms with Crippen molar-refractivity contribution >= 4 is 0 Å². The van der Waals surface area contributed by atoms with Gasteiger partial charge in [0.25, 0.3) is 0 Å². The number of aromatic nitrogens is 5. The Labute approximate surface area is 169 Å². The van der Waals surface area contributed by atoms with Crippen LogP contribution in [0.25, 0.3) is 28.5 Å². The number of rotatable bonds is 3. The normalized spacial score (nSPS) is 11.6. The molecule has 0 unspecified atom stereocenters. The van der Waals surface area contributed by atoms with Gasteiger partial charge >= 0.3 is 0 Å². The zero-order chi connectivity index (χ0) is 20.6. The van der Waals surface area contributed by atoms with Crippen molar-refractivity contribution in [3.8, 4) is 28.5 Å². The third-order valence-electron chi connectivity index (χ3n) is 4.80. The number of benzene rings is 1. The standard InChI is InChI=1S/C23H22FN5/c1-15-20(6-5-11-26-15)22-27-21(16-12-18(24)14-25-13-16)28-29(22)19-9-7-17(8-10-19)23(2,3)4/h5-14H,1-4H3. The van der Waals surface area contributed by atoms with Crippen LogP contribution in [0.3, 0.4) is 0 Å². The molecular weight excluding hydrogens is 365 g/mol. The van der Waals surface area contributed by atoms with Gasteiger partial charge in [0.1, 0.15) is 5.82 Å². The highest BCUT2D eigenvalue weighted by Crippen LogP contribution is 2.28. The lowest BCUT2D eigenvalue weighted by molar-refractivity contribution is 0.590. The maximum atomic E-state index is 13.7. The fourth-order valence-corrected chi connectivity index (χ4v) is 3.15. The molecule has 0 aliphatic rings. The Bertz CT molecular complexity index is 1160. The van der Waals surface area contributed by atoms with Crippen LogP contribution < -0.4 is 0 Å². The Balaban J connectivity index is 1.89. The van der Waals surface area contributed by atoms with Gasteiger partial charge in [-0.3, -0.25) is 9.97 Å². The van der Waals surface area contributed by atoms with Crippen LogP contribution in [0.2, 0.25) is 0 Å². The fourth-order valence-electron chi connectivity index (χ4n) is 3.15. The number of halogens is 1. The number of nitrogens with zero attached hydrogens (tertiary/aromatic N) is 5. The monoisotopic (exact) mass is 387 g/mol. The molecule has 0 aliphatic heterocycles. The second-order valence-electron chi connectivity index (χ2n) is 8.00. The molecular formula is C23H22FN5. The fraction of sp³-hybridized carbons (Fsp3) is 0.217. The van der Waals surface area contributed by atoms with Gasteiger partial charge in [0.05, 0.1) is 11.9 Å². The molecule has 0 N–H and O–H groups in total. The summed E-state index contributed by atoms with van der Waals surface area (Å²) >= 11 is 0. The van der Waals surface area contributed by atoms with Crippen LogP contribution in [-0.2, 0) is 5.41 Å². The van der Waals surface area contributed by atoms with Gasteiger partial charge in [0, 0.05) is 29.2 Å². The van der Waals surface area contributed by atoms with Gasteiger partial charge in [-0.05, 0) is 48.2 Å². The number of pyridine rings is 2. The molecule has 0 spiro atoms. The van der Waals surface area contributed by atoms with Gasteiger partial charge in [0.15, 0.2) is 11.6 Å². The first kappa shape index (κ1) is 18.9. The maximum absolute atomic E-state index is 13.7. The van der Waals surface area contributed by atoms with Crippen LogP contribution in [0, 0.1) is 12.7 Å². The molecule has 0 radical (unpaired) electrons. The van der Waals surface area contributed by atoms with E-state index in [0.29, 0.717) is 17.2 Å². The van der Waals surface area contributed by atoms with Crippen molar-refractivity contribution in [2.24, 2.45) is 0 Å². The van der Waals surface area contributed by atoms with Gasteiger partial charge in [0.2, 0.25) is 0 Å². The molecule has 0 bridgehead atoms. The van der Waals surface area contributed by atoms with E-state index in [-0.39, 0.29) is 5.41 Å². The van der Waals surface area contributed by atoms with Gasteiger partial charge in [-0.15, -0.1) is 5.10 Å². The summed E-state index contributed by atoms with van der Waals surface area (Å²) in [4.78, 5) is 13.0. The van der Waals surface area contributed by atoms with Crippen LogP contribution in [0.5, 0.6) is 0 Å². The first-order valence-electron chi connectivity index (χ1n) is 9.44. The van der Waals surface area contributed by atoms with E-state index in [1.165, 1.54) is 11.6 Å². The summed E-state index contributed by atoms with van der Waals surface area (Å²) in [6.07, 6.45) is 4.47. The lowest BCUT2D eigenvalue weighted by Gasteiger charge is -2.19. The molecule has 0 saturated carbocycles. The quantitative estimate of drug-likeness (QED) is 0.489. The van der Waals surface area contributed by atoms with Crippen molar-refractivity contribution in [1.82, 2.24) is 24.7 Å². The summed E-state index contributed by atoms with van der Waals surface area (Å²) in [5.41, 5.74) is 4.40. The van der Waals surface area contributed by atoms with Gasteiger partial charge in [-0.25, -0.2) is 14.1 Å². The molecule has 0 saturated heterocycles. The Hall–Kier alpha value is -3.41. The first-order chi connectivity index (χ1) is 13.8. The molecule has 6 heteroatoms. The van der Waals surface area contributed by atoms with Crippen molar-refractivity contribution < 1.29 is 4.39 Å². The van der Waals surface area contributed by atoms with Crippen LogP contribution in [0.1, 0.15) is 32.0 Å². The van der Waals surface area contributed by atoms with E-state index >= 15 is 0 Å². The maximum Gasteiger partial charge on any atom is 0.183 e. The second kappa shape index (κ2) is 7.20. The highest BCUT2D eigenvalue weighted by molar-refractivity contribution is 5.65. The van der Waals surface area contributed by atoms with E-state index in [9.17, 15) is 4.39 Å². The molecule has 0 amide bonds. The molecule has 0 aliphatic carbocycles. The van der Waals surface area contributed by atoms with E-state index in [4.69, 9.17) is 4.98 Å². The highest BCUT2D eigenvalue weighted by Gasteiger charge is 2.19. The first-order valence-corrected chi connectivity index (χ1v) is 9.44. The summed E-state index contributed by atoms with van der Waals surface area (Å²) in [7, 11) is 0. The minimum atomic E-state index is -0.424. The minimum Gasteiger partial charge on any atom is -0.261 e. The van der Waals surface area contributed by atoms with Crippen LogP contribution in [-0.4, -0.2) is 24.7 Å². The minimum absolute atomic E-state index is 0.0576. The SMILES string of the molecule is Cc1ncccc1-c1nc(-c2cncc(F)c2)nn1-c1ccc(C(C)(C)C)cc1. The molecule has 1 aromatic carbocycles. The van der Waals surface area contributed by atoms with Gasteiger partial charge in [-0.1, -0.05) is 32.9 Å². The highest BCUT2D eigenvalue weighted by atomic mass is 19.1. The summed E-state index contributed by atoms with van der Waals surface area (Å²) in [6, 6.07) is 13.5. The average Bonchev–Trinajstić information content (AvgIpc) is 3.13. The largest absolute Gasteiger partial charge is 0.261 e. The Kier molecular flexibility index (Phi) is 4.70. The summed E-state index contributed by atoms with van der Waals surface area (Å²) in [6.45, 7) is 8.46. The molecule has 0 fully saturated rings. The zero-order valence-electron chi connectivity index (χ0n) is 16.9.